The molecular formula is C60H40N2O. The molecule has 0 fully saturated rings. The fourth-order valence-corrected chi connectivity index (χ4v) is 9.36. The Hall–Kier alpha value is -8.40. The lowest BCUT2D eigenvalue weighted by Crippen LogP contribution is -2.09. The number of fused-ring (bicyclic) bond motifs is 7. The number of benzene rings is 10. The van der Waals surface area contributed by atoms with E-state index in [1.807, 2.05) is 0 Å². The number of hydrogen-bond acceptors (Lipinski definition) is 2. The first-order valence-electron chi connectivity index (χ1n) is 21.5. The van der Waals surface area contributed by atoms with E-state index in [0.717, 1.165) is 66.8 Å². The summed E-state index contributed by atoms with van der Waals surface area (Å²) in [5, 5.41) is 4.55. The van der Waals surface area contributed by atoms with Crippen LogP contribution >= 0.6 is 0 Å². The standard InChI is InChI=1S/C60H40N2O/c1-4-14-41(15-5-1)44-24-32-48(33-25-44)61(49-34-26-45(27-35-49)42-16-6-2-7-17-42)50-38-30-47(31-39-50)54-40-55-52-20-11-13-23-57(52)63-60(55)59-58(54)53-21-10-12-22-56(53)62(59)51-36-28-46(29-37-51)43-18-8-3-9-19-43/h1-40H. The van der Waals surface area contributed by atoms with Gasteiger partial charge in [0.1, 0.15) is 5.58 Å². The third-order valence-corrected chi connectivity index (χ3v) is 12.4. The lowest BCUT2D eigenvalue weighted by molar-refractivity contribution is 0.671. The van der Waals surface area contributed by atoms with Crippen molar-refractivity contribution < 1.29 is 4.42 Å². The smallest absolute Gasteiger partial charge is 0.160 e. The Bertz CT molecular complexity index is 3470. The second kappa shape index (κ2) is 15.3. The Morgan fingerprint density at radius 3 is 1.27 bits per heavy atom. The van der Waals surface area contributed by atoms with Crippen LogP contribution in [0.3, 0.4) is 0 Å². The first-order chi connectivity index (χ1) is 31.2. The summed E-state index contributed by atoms with van der Waals surface area (Å²) in [7, 11) is 0. The van der Waals surface area contributed by atoms with E-state index in [1.54, 1.807) is 0 Å². The summed E-state index contributed by atoms with van der Waals surface area (Å²) >= 11 is 0. The molecule has 0 N–H and O–H groups in total. The summed E-state index contributed by atoms with van der Waals surface area (Å²) in [6.45, 7) is 0. The largest absolute Gasteiger partial charge is 0.454 e. The Morgan fingerprint density at radius 2 is 0.746 bits per heavy atom. The van der Waals surface area contributed by atoms with Crippen molar-refractivity contribution in [3.05, 3.63) is 243 Å². The Balaban J connectivity index is 1.02. The monoisotopic (exact) mass is 804 g/mol. The molecule has 12 aromatic rings. The molecule has 0 spiro atoms. The van der Waals surface area contributed by atoms with Gasteiger partial charge in [-0.3, -0.25) is 0 Å². The summed E-state index contributed by atoms with van der Waals surface area (Å²) < 4.78 is 9.23. The van der Waals surface area contributed by atoms with Crippen LogP contribution in [0.5, 0.6) is 0 Å². The van der Waals surface area contributed by atoms with Gasteiger partial charge in [-0.05, 0) is 111 Å². The van der Waals surface area contributed by atoms with E-state index in [2.05, 4.69) is 252 Å². The molecule has 0 unspecified atom stereocenters. The topological polar surface area (TPSA) is 21.3 Å². The predicted molar refractivity (Wildman–Crippen MR) is 264 cm³/mol. The summed E-state index contributed by atoms with van der Waals surface area (Å²) in [5.74, 6) is 0. The molecule has 3 heteroatoms. The van der Waals surface area contributed by atoms with E-state index in [0.29, 0.717) is 0 Å². The third kappa shape index (κ3) is 6.38. The summed E-state index contributed by atoms with van der Waals surface area (Å²) in [4.78, 5) is 2.35. The molecular weight excluding hydrogens is 765 g/mol. The minimum atomic E-state index is 0.879. The van der Waals surface area contributed by atoms with Gasteiger partial charge < -0.3 is 13.9 Å². The van der Waals surface area contributed by atoms with Gasteiger partial charge in [-0.1, -0.05) is 176 Å². The predicted octanol–water partition coefficient (Wildman–Crippen LogP) is 16.8. The Morgan fingerprint density at radius 1 is 0.333 bits per heavy atom. The molecule has 2 heterocycles. The van der Waals surface area contributed by atoms with E-state index in [9.17, 15) is 0 Å². The van der Waals surface area contributed by atoms with Crippen molar-refractivity contribution in [2.24, 2.45) is 0 Å². The maximum absolute atomic E-state index is 6.84. The molecule has 296 valence electrons. The van der Waals surface area contributed by atoms with Gasteiger partial charge >= 0.3 is 0 Å². The minimum Gasteiger partial charge on any atom is -0.454 e. The van der Waals surface area contributed by atoms with Crippen molar-refractivity contribution in [3.8, 4) is 50.2 Å². The van der Waals surface area contributed by atoms with E-state index < -0.39 is 0 Å². The van der Waals surface area contributed by atoms with E-state index in [1.165, 1.54) is 44.2 Å². The van der Waals surface area contributed by atoms with Gasteiger partial charge in [-0.15, -0.1) is 0 Å². The summed E-state index contributed by atoms with van der Waals surface area (Å²) in [5.41, 5.74) is 17.8. The molecule has 0 saturated heterocycles. The molecule has 0 atom stereocenters. The van der Waals surface area contributed by atoms with Crippen LogP contribution in [-0.4, -0.2) is 4.57 Å². The fourth-order valence-electron chi connectivity index (χ4n) is 9.36. The molecule has 0 aliphatic rings. The lowest BCUT2D eigenvalue weighted by atomic mass is 9.96. The number of furan rings is 1. The molecule has 0 radical (unpaired) electrons. The molecule has 0 saturated carbocycles. The zero-order valence-electron chi connectivity index (χ0n) is 34.4. The summed E-state index contributed by atoms with van der Waals surface area (Å²) in [6, 6.07) is 87.0. The van der Waals surface area contributed by atoms with Crippen LogP contribution in [0.4, 0.5) is 17.1 Å². The van der Waals surface area contributed by atoms with Gasteiger partial charge in [0.2, 0.25) is 0 Å². The Kier molecular flexibility index (Phi) is 8.83. The number of hydrogen-bond donors (Lipinski definition) is 0. The van der Waals surface area contributed by atoms with Crippen LogP contribution in [0.1, 0.15) is 0 Å². The van der Waals surface area contributed by atoms with E-state index in [-0.39, 0.29) is 0 Å². The van der Waals surface area contributed by atoms with Crippen LogP contribution in [0.2, 0.25) is 0 Å². The van der Waals surface area contributed by atoms with E-state index >= 15 is 0 Å². The molecule has 12 rings (SSSR count). The van der Waals surface area contributed by atoms with Gasteiger partial charge in [-0.25, -0.2) is 0 Å². The number of anilines is 3. The lowest BCUT2D eigenvalue weighted by Gasteiger charge is -2.26. The third-order valence-electron chi connectivity index (χ3n) is 12.4. The van der Waals surface area contributed by atoms with Gasteiger partial charge in [0.25, 0.3) is 0 Å². The average Bonchev–Trinajstić information content (AvgIpc) is 3.92. The van der Waals surface area contributed by atoms with Gasteiger partial charge in [0, 0.05) is 44.3 Å². The van der Waals surface area contributed by atoms with Crippen LogP contribution in [0.25, 0.3) is 93.9 Å². The first kappa shape index (κ1) is 36.5. The number of aromatic nitrogens is 1. The minimum absolute atomic E-state index is 0.879. The molecule has 2 aromatic heterocycles. The summed E-state index contributed by atoms with van der Waals surface area (Å²) in [6.07, 6.45) is 0. The molecule has 0 aliphatic heterocycles. The highest BCUT2D eigenvalue weighted by molar-refractivity contribution is 6.26. The van der Waals surface area contributed by atoms with Crippen LogP contribution in [-0.2, 0) is 0 Å². The average molecular weight is 805 g/mol. The quantitative estimate of drug-likeness (QED) is 0.153. The van der Waals surface area contributed by atoms with Crippen LogP contribution in [0.15, 0.2) is 247 Å². The van der Waals surface area contributed by atoms with Crippen molar-refractivity contribution in [3.63, 3.8) is 0 Å². The van der Waals surface area contributed by atoms with Crippen molar-refractivity contribution in [2.75, 3.05) is 4.90 Å². The van der Waals surface area contributed by atoms with Crippen molar-refractivity contribution in [1.29, 1.82) is 0 Å². The highest BCUT2D eigenvalue weighted by Crippen LogP contribution is 2.46. The van der Waals surface area contributed by atoms with Crippen molar-refractivity contribution in [2.45, 2.75) is 0 Å². The van der Waals surface area contributed by atoms with Crippen LogP contribution < -0.4 is 4.90 Å². The number of nitrogens with zero attached hydrogens (tertiary/aromatic N) is 2. The second-order valence-electron chi connectivity index (χ2n) is 16.1. The highest BCUT2D eigenvalue weighted by atomic mass is 16.3. The van der Waals surface area contributed by atoms with Gasteiger partial charge in [0.15, 0.2) is 5.58 Å². The number of rotatable bonds is 8. The van der Waals surface area contributed by atoms with Crippen LogP contribution in [0, 0.1) is 0 Å². The molecule has 10 aromatic carbocycles. The number of para-hydroxylation sites is 2. The molecule has 63 heavy (non-hydrogen) atoms. The SMILES string of the molecule is c1ccc(-c2ccc(N(c3ccc(-c4ccccc4)cc3)c3ccc(-c4cc5c6ccccc6oc5c5c4c4ccccc4n5-c4ccc(-c5ccccc5)cc4)cc3)cc2)cc1. The first-order valence-corrected chi connectivity index (χ1v) is 21.5. The molecule has 0 bridgehead atoms. The van der Waals surface area contributed by atoms with E-state index in [4.69, 9.17) is 4.42 Å². The Labute approximate surface area is 366 Å². The maximum atomic E-state index is 6.84. The highest BCUT2D eigenvalue weighted by Gasteiger charge is 2.23. The zero-order chi connectivity index (χ0) is 41.7. The van der Waals surface area contributed by atoms with Gasteiger partial charge in [-0.2, -0.15) is 0 Å². The fraction of sp³-hybridized carbons (Fsp3) is 0. The molecule has 3 nitrogen and oxygen atoms in total. The molecule has 0 aliphatic carbocycles. The van der Waals surface area contributed by atoms with Crippen molar-refractivity contribution in [1.82, 2.24) is 4.57 Å². The zero-order valence-corrected chi connectivity index (χ0v) is 34.4. The van der Waals surface area contributed by atoms with Gasteiger partial charge in [0.05, 0.1) is 11.0 Å². The van der Waals surface area contributed by atoms with Crippen molar-refractivity contribution >= 4 is 60.8 Å². The second-order valence-corrected chi connectivity index (χ2v) is 16.1. The molecule has 0 amide bonds. The maximum Gasteiger partial charge on any atom is 0.160 e. The normalized spacial score (nSPS) is 11.5.